The van der Waals surface area contributed by atoms with Crippen LogP contribution in [0.25, 0.3) is 0 Å². The number of anilines is 1. The van der Waals surface area contributed by atoms with Crippen LogP contribution >= 0.6 is 23.2 Å². The molecule has 0 heterocycles. The van der Waals surface area contributed by atoms with Crippen molar-refractivity contribution < 1.29 is 17.9 Å². The van der Waals surface area contributed by atoms with Crippen LogP contribution in [0.1, 0.15) is 29.6 Å². The zero-order chi connectivity index (χ0) is 20.9. The molecule has 0 saturated heterocycles. The van der Waals surface area contributed by atoms with Gasteiger partial charge in [0.1, 0.15) is 0 Å². The van der Waals surface area contributed by atoms with E-state index >= 15 is 0 Å². The molecule has 0 aromatic heterocycles. The normalized spacial score (nSPS) is 13.9. The summed E-state index contributed by atoms with van der Waals surface area (Å²) in [6.45, 7) is 1.90. The zero-order valence-electron chi connectivity index (χ0n) is 15.7. The van der Waals surface area contributed by atoms with Crippen LogP contribution in [-0.4, -0.2) is 34.1 Å². The highest BCUT2D eigenvalue weighted by atomic mass is 35.5. The third kappa shape index (κ3) is 6.60. The second-order valence-electron chi connectivity index (χ2n) is 6.89. The number of halogens is 2. The molecular weight excluding hydrogens is 435 g/mol. The molecule has 6 nitrogen and oxygen atoms in total. The number of rotatable bonds is 10. The summed E-state index contributed by atoms with van der Waals surface area (Å²) in [4.78, 5) is 12.3. The monoisotopic (exact) mass is 456 g/mol. The number of ether oxygens (including phenoxy) is 1. The van der Waals surface area contributed by atoms with Crippen molar-refractivity contribution in [3.05, 3.63) is 58.1 Å². The van der Waals surface area contributed by atoms with Gasteiger partial charge in [0.05, 0.1) is 14.9 Å². The van der Waals surface area contributed by atoms with Crippen LogP contribution in [0.4, 0.5) is 5.69 Å². The van der Waals surface area contributed by atoms with Gasteiger partial charge in [-0.25, -0.2) is 8.42 Å². The number of hydrogen-bond acceptors (Lipinski definition) is 4. The fourth-order valence-corrected chi connectivity index (χ4v) is 4.03. The molecule has 0 spiro atoms. The van der Waals surface area contributed by atoms with Crippen LogP contribution in [0.15, 0.2) is 47.4 Å². The van der Waals surface area contributed by atoms with Gasteiger partial charge < -0.3 is 10.1 Å². The van der Waals surface area contributed by atoms with Crippen molar-refractivity contribution in [2.24, 2.45) is 5.92 Å². The third-order valence-corrected chi connectivity index (χ3v) is 6.50. The van der Waals surface area contributed by atoms with E-state index in [0.717, 1.165) is 18.9 Å². The lowest BCUT2D eigenvalue weighted by Crippen LogP contribution is -2.25. The van der Waals surface area contributed by atoms with Gasteiger partial charge in [0, 0.05) is 31.0 Å². The summed E-state index contributed by atoms with van der Waals surface area (Å²) in [7, 11) is -3.87. The van der Waals surface area contributed by atoms with Gasteiger partial charge in [0.2, 0.25) is 0 Å². The number of benzene rings is 2. The van der Waals surface area contributed by atoms with Crippen LogP contribution in [-0.2, 0) is 14.8 Å². The van der Waals surface area contributed by atoms with Crippen LogP contribution in [0.5, 0.6) is 0 Å². The van der Waals surface area contributed by atoms with E-state index in [0.29, 0.717) is 18.7 Å². The minimum absolute atomic E-state index is 0.0204. The van der Waals surface area contributed by atoms with Crippen molar-refractivity contribution in [2.45, 2.75) is 24.2 Å². The molecule has 156 valence electrons. The molecule has 2 aromatic rings. The number of carbonyl (C=O) groups is 1. The van der Waals surface area contributed by atoms with Gasteiger partial charge in [-0.05, 0) is 61.6 Å². The largest absolute Gasteiger partial charge is 0.381 e. The Kier molecular flexibility index (Phi) is 7.40. The molecule has 1 aliphatic rings. The quantitative estimate of drug-likeness (QED) is 0.520. The van der Waals surface area contributed by atoms with E-state index in [-0.39, 0.29) is 26.5 Å². The van der Waals surface area contributed by atoms with Gasteiger partial charge in [0.15, 0.2) is 0 Å². The van der Waals surface area contributed by atoms with Gasteiger partial charge in [-0.15, -0.1) is 0 Å². The van der Waals surface area contributed by atoms with Crippen molar-refractivity contribution in [3.8, 4) is 0 Å². The Morgan fingerprint density at radius 1 is 1.10 bits per heavy atom. The molecule has 1 amide bonds. The summed E-state index contributed by atoms with van der Waals surface area (Å²) in [5, 5.41) is 3.22. The van der Waals surface area contributed by atoms with E-state index in [1.54, 1.807) is 18.2 Å². The molecule has 1 saturated carbocycles. The maximum atomic E-state index is 12.5. The first kappa shape index (κ1) is 21.9. The van der Waals surface area contributed by atoms with E-state index in [1.807, 2.05) is 0 Å². The smallest absolute Gasteiger partial charge is 0.261 e. The maximum Gasteiger partial charge on any atom is 0.261 e. The van der Waals surface area contributed by atoms with Gasteiger partial charge in [-0.2, -0.15) is 0 Å². The van der Waals surface area contributed by atoms with Crippen LogP contribution < -0.4 is 10.0 Å². The molecule has 2 N–H and O–H groups in total. The van der Waals surface area contributed by atoms with Crippen LogP contribution in [0, 0.1) is 5.92 Å². The van der Waals surface area contributed by atoms with Crippen molar-refractivity contribution in [3.63, 3.8) is 0 Å². The molecule has 1 aliphatic carbocycles. The minimum Gasteiger partial charge on any atom is -0.381 e. The number of sulfonamides is 1. The lowest BCUT2D eigenvalue weighted by atomic mass is 10.2. The summed E-state index contributed by atoms with van der Waals surface area (Å²) < 4.78 is 33.1. The first-order valence-corrected chi connectivity index (χ1v) is 11.5. The van der Waals surface area contributed by atoms with E-state index in [2.05, 4.69) is 10.0 Å². The van der Waals surface area contributed by atoms with E-state index in [9.17, 15) is 13.2 Å². The highest BCUT2D eigenvalue weighted by Gasteiger charge is 2.21. The molecule has 2 aromatic carbocycles. The first-order chi connectivity index (χ1) is 13.8. The SMILES string of the molecule is O=C(NCCCOCC1CC1)c1cccc(NS(=O)(=O)c2ccc(Cl)c(Cl)c2)c1. The molecule has 1 fully saturated rings. The highest BCUT2D eigenvalue weighted by molar-refractivity contribution is 7.92. The predicted octanol–water partition coefficient (Wildman–Crippen LogP) is 4.34. The second-order valence-corrected chi connectivity index (χ2v) is 9.39. The Labute approximate surface area is 180 Å². The Morgan fingerprint density at radius 3 is 2.62 bits per heavy atom. The Morgan fingerprint density at radius 2 is 1.90 bits per heavy atom. The summed E-state index contributed by atoms with van der Waals surface area (Å²) in [6.07, 6.45) is 3.23. The number of amides is 1. The van der Waals surface area contributed by atoms with Crippen molar-refractivity contribution >= 4 is 44.8 Å². The summed E-state index contributed by atoms with van der Waals surface area (Å²) >= 11 is 11.7. The molecule has 0 radical (unpaired) electrons. The first-order valence-electron chi connectivity index (χ1n) is 9.29. The molecule has 0 unspecified atom stereocenters. The van der Waals surface area contributed by atoms with Crippen molar-refractivity contribution in [1.82, 2.24) is 5.32 Å². The van der Waals surface area contributed by atoms with E-state index in [4.69, 9.17) is 27.9 Å². The van der Waals surface area contributed by atoms with Gasteiger partial charge >= 0.3 is 0 Å². The topological polar surface area (TPSA) is 84.5 Å². The zero-order valence-corrected chi connectivity index (χ0v) is 18.0. The number of hydrogen-bond donors (Lipinski definition) is 2. The van der Waals surface area contributed by atoms with Gasteiger partial charge in [0.25, 0.3) is 15.9 Å². The number of nitrogens with one attached hydrogen (secondary N) is 2. The minimum atomic E-state index is -3.87. The average Bonchev–Trinajstić information content (AvgIpc) is 3.50. The van der Waals surface area contributed by atoms with Gasteiger partial charge in [-0.3, -0.25) is 9.52 Å². The maximum absolute atomic E-state index is 12.5. The lowest BCUT2D eigenvalue weighted by molar-refractivity contribution is 0.0937. The number of carbonyl (C=O) groups excluding carboxylic acids is 1. The summed E-state index contributed by atoms with van der Waals surface area (Å²) in [5.74, 6) is 0.447. The fraction of sp³-hybridized carbons (Fsp3) is 0.350. The Hall–Kier alpha value is -1.80. The van der Waals surface area contributed by atoms with Crippen LogP contribution in [0.2, 0.25) is 10.0 Å². The average molecular weight is 457 g/mol. The summed E-state index contributed by atoms with van der Waals surface area (Å²) in [6, 6.07) is 10.3. The predicted molar refractivity (Wildman–Crippen MR) is 114 cm³/mol. The van der Waals surface area contributed by atoms with Crippen molar-refractivity contribution in [1.29, 1.82) is 0 Å². The second kappa shape index (κ2) is 9.80. The Balaban J connectivity index is 1.55. The third-order valence-electron chi connectivity index (χ3n) is 4.38. The molecular formula is C20H22Cl2N2O4S. The molecule has 29 heavy (non-hydrogen) atoms. The molecule has 0 atom stereocenters. The van der Waals surface area contributed by atoms with E-state index in [1.165, 1.54) is 37.1 Å². The van der Waals surface area contributed by atoms with Crippen LogP contribution in [0.3, 0.4) is 0 Å². The molecule has 3 rings (SSSR count). The standard InChI is InChI=1S/C20H22Cl2N2O4S/c21-18-8-7-17(12-19(18)22)29(26,27)24-16-4-1-3-15(11-16)20(25)23-9-2-10-28-13-14-5-6-14/h1,3-4,7-8,11-12,14,24H,2,5-6,9-10,13H2,(H,23,25). The fourth-order valence-electron chi connectivity index (χ4n) is 2.59. The summed E-state index contributed by atoms with van der Waals surface area (Å²) in [5.41, 5.74) is 0.634. The molecule has 0 aliphatic heterocycles. The van der Waals surface area contributed by atoms with E-state index < -0.39 is 10.0 Å². The van der Waals surface area contributed by atoms with Gasteiger partial charge in [-0.1, -0.05) is 29.3 Å². The van der Waals surface area contributed by atoms with Crippen molar-refractivity contribution in [2.75, 3.05) is 24.5 Å². The molecule has 0 bridgehead atoms. The Bertz CT molecular complexity index is 978. The molecule has 9 heteroatoms. The lowest BCUT2D eigenvalue weighted by Gasteiger charge is -2.11. The highest BCUT2D eigenvalue weighted by Crippen LogP contribution is 2.28.